The van der Waals surface area contributed by atoms with Gasteiger partial charge in [-0.15, -0.1) is 0 Å². The molecule has 0 radical (unpaired) electrons. The zero-order valence-electron chi connectivity index (χ0n) is 14.2. The van der Waals surface area contributed by atoms with E-state index in [0.29, 0.717) is 16.7 Å². The molecule has 29 heavy (non-hydrogen) atoms. The number of fused-ring (bicyclic) bond motifs is 1. The maximum absolute atomic E-state index is 12.9. The van der Waals surface area contributed by atoms with Gasteiger partial charge in [0.15, 0.2) is 5.60 Å². The lowest BCUT2D eigenvalue weighted by atomic mass is 9.80. The minimum Gasteiger partial charge on any atom is -0.505 e. The van der Waals surface area contributed by atoms with Crippen molar-refractivity contribution in [2.24, 2.45) is 0 Å². The Labute approximate surface area is 193 Å². The molecule has 0 saturated heterocycles. The van der Waals surface area contributed by atoms with Crippen molar-refractivity contribution in [2.45, 2.75) is 10.5 Å². The summed E-state index contributed by atoms with van der Waals surface area (Å²) < 4.78 is 32.0. The predicted molar refractivity (Wildman–Crippen MR) is 116 cm³/mol. The lowest BCUT2D eigenvalue weighted by Gasteiger charge is -2.30. The standard InChI is InChI=1S/C19H10Br2Cl2O5S/c20-12-5-9(7-14(22)17(12)24)19(10-6-13(21)18(25)15(23)8-10)11-3-1-2-4-16(11)29(26,27)28-19/h1-8,24-25H. The molecular formula is C19H10Br2Cl2O5S. The van der Waals surface area contributed by atoms with Gasteiger partial charge in [-0.25, -0.2) is 4.18 Å². The number of phenolic OH excluding ortho intramolecular Hbond substituents is 2. The number of benzene rings is 3. The Morgan fingerprint density at radius 1 is 0.862 bits per heavy atom. The second-order valence-corrected chi connectivity index (χ2v) is 10.3. The molecule has 0 saturated carbocycles. The highest BCUT2D eigenvalue weighted by molar-refractivity contribution is 9.11. The Morgan fingerprint density at radius 2 is 1.34 bits per heavy atom. The summed E-state index contributed by atoms with van der Waals surface area (Å²) in [6, 6.07) is 12.2. The van der Waals surface area contributed by atoms with Gasteiger partial charge >= 0.3 is 0 Å². The fourth-order valence-corrected chi connectivity index (χ4v) is 6.36. The van der Waals surface area contributed by atoms with Gasteiger partial charge in [0.05, 0.1) is 19.0 Å². The molecule has 5 nitrogen and oxygen atoms in total. The van der Waals surface area contributed by atoms with E-state index in [1.54, 1.807) is 18.2 Å². The number of phenols is 2. The smallest absolute Gasteiger partial charge is 0.298 e. The van der Waals surface area contributed by atoms with Crippen molar-refractivity contribution in [3.63, 3.8) is 0 Å². The third-order valence-corrected chi connectivity index (χ3v) is 7.77. The highest BCUT2D eigenvalue weighted by atomic mass is 79.9. The van der Waals surface area contributed by atoms with Crippen molar-refractivity contribution in [3.8, 4) is 11.5 Å². The van der Waals surface area contributed by atoms with Crippen LogP contribution in [-0.4, -0.2) is 18.6 Å². The molecule has 1 aliphatic rings. The van der Waals surface area contributed by atoms with Gasteiger partial charge in [-0.3, -0.25) is 0 Å². The SMILES string of the molecule is O=S1(=O)OC(c2cc(Cl)c(O)c(Br)c2)(c2cc(Cl)c(O)c(Br)c2)c2ccccc21. The lowest BCUT2D eigenvalue weighted by molar-refractivity contribution is 0.180. The quantitative estimate of drug-likeness (QED) is 0.367. The van der Waals surface area contributed by atoms with E-state index in [2.05, 4.69) is 31.9 Å². The summed E-state index contributed by atoms with van der Waals surface area (Å²) in [7, 11) is -4.12. The lowest BCUT2D eigenvalue weighted by Crippen LogP contribution is -2.29. The molecule has 0 unspecified atom stereocenters. The molecule has 4 rings (SSSR count). The molecular weight excluding hydrogens is 571 g/mol. The number of aromatic hydroxyl groups is 2. The van der Waals surface area contributed by atoms with Gasteiger partial charge in [0, 0.05) is 5.56 Å². The van der Waals surface area contributed by atoms with E-state index in [-0.39, 0.29) is 35.4 Å². The topological polar surface area (TPSA) is 83.8 Å². The van der Waals surface area contributed by atoms with Crippen molar-refractivity contribution in [2.75, 3.05) is 0 Å². The molecule has 150 valence electrons. The minimum absolute atomic E-state index is 0.000592. The molecule has 0 spiro atoms. The van der Waals surface area contributed by atoms with E-state index in [9.17, 15) is 18.6 Å². The Balaban J connectivity index is 2.16. The van der Waals surface area contributed by atoms with Crippen LogP contribution in [0.3, 0.4) is 0 Å². The van der Waals surface area contributed by atoms with E-state index in [0.717, 1.165) is 0 Å². The average molecular weight is 581 g/mol. The van der Waals surface area contributed by atoms with Gasteiger partial charge < -0.3 is 10.2 Å². The first-order valence-electron chi connectivity index (χ1n) is 8.00. The summed E-state index contributed by atoms with van der Waals surface area (Å²) >= 11 is 18.8. The van der Waals surface area contributed by atoms with Crippen LogP contribution in [0.25, 0.3) is 0 Å². The molecule has 0 atom stereocenters. The van der Waals surface area contributed by atoms with Gasteiger partial charge in [0.25, 0.3) is 10.1 Å². The number of hydrogen-bond donors (Lipinski definition) is 2. The van der Waals surface area contributed by atoms with Crippen LogP contribution in [0.2, 0.25) is 10.0 Å². The molecule has 0 aromatic heterocycles. The van der Waals surface area contributed by atoms with E-state index in [4.69, 9.17) is 27.4 Å². The summed E-state index contributed by atoms with van der Waals surface area (Å²) in [5.41, 5.74) is -0.610. The molecule has 0 amide bonds. The Bertz CT molecular complexity index is 1170. The summed E-state index contributed by atoms with van der Waals surface area (Å²) in [6.07, 6.45) is 0. The second kappa shape index (κ2) is 7.14. The summed E-state index contributed by atoms with van der Waals surface area (Å²) in [4.78, 5) is 0.000592. The molecule has 10 heteroatoms. The van der Waals surface area contributed by atoms with E-state index >= 15 is 0 Å². The number of hydrogen-bond acceptors (Lipinski definition) is 5. The maximum Gasteiger partial charge on any atom is 0.298 e. The molecule has 0 aliphatic carbocycles. The number of rotatable bonds is 2. The maximum atomic E-state index is 12.9. The van der Waals surface area contributed by atoms with Gasteiger partial charge in [0.2, 0.25) is 0 Å². The van der Waals surface area contributed by atoms with Gasteiger partial charge in [0.1, 0.15) is 16.4 Å². The van der Waals surface area contributed by atoms with Crippen LogP contribution in [0.1, 0.15) is 16.7 Å². The average Bonchev–Trinajstić information content (AvgIpc) is 2.92. The molecule has 1 heterocycles. The first-order chi connectivity index (χ1) is 13.6. The third kappa shape index (κ3) is 3.17. The molecule has 3 aromatic carbocycles. The summed E-state index contributed by atoms with van der Waals surface area (Å²) in [5, 5.41) is 20.1. The fraction of sp³-hybridized carbons (Fsp3) is 0.0526. The zero-order chi connectivity index (χ0) is 21.1. The summed E-state index contributed by atoms with van der Waals surface area (Å²) in [5.74, 6) is -0.380. The largest absolute Gasteiger partial charge is 0.505 e. The Hall–Kier alpha value is -1.29. The van der Waals surface area contributed by atoms with Crippen LogP contribution >= 0.6 is 55.1 Å². The molecule has 3 aromatic rings. The first-order valence-corrected chi connectivity index (χ1v) is 11.7. The van der Waals surface area contributed by atoms with E-state index < -0.39 is 15.7 Å². The van der Waals surface area contributed by atoms with Crippen molar-refractivity contribution >= 4 is 65.2 Å². The van der Waals surface area contributed by atoms with Crippen LogP contribution in [0.4, 0.5) is 0 Å². The third-order valence-electron chi connectivity index (χ3n) is 4.62. The second-order valence-electron chi connectivity index (χ2n) is 6.29. The van der Waals surface area contributed by atoms with Crippen LogP contribution in [0, 0.1) is 0 Å². The predicted octanol–water partition coefficient (Wildman–Crippen LogP) is 5.94. The van der Waals surface area contributed by atoms with Crippen molar-refractivity contribution in [1.29, 1.82) is 0 Å². The van der Waals surface area contributed by atoms with Crippen molar-refractivity contribution in [1.82, 2.24) is 0 Å². The van der Waals surface area contributed by atoms with Crippen LogP contribution in [0.15, 0.2) is 62.4 Å². The van der Waals surface area contributed by atoms with E-state index in [1.807, 2.05) is 0 Å². The number of halogens is 4. The van der Waals surface area contributed by atoms with Gasteiger partial charge in [-0.2, -0.15) is 8.42 Å². The highest BCUT2D eigenvalue weighted by Gasteiger charge is 2.51. The Morgan fingerprint density at radius 3 is 1.83 bits per heavy atom. The van der Waals surface area contributed by atoms with Crippen molar-refractivity contribution in [3.05, 3.63) is 84.2 Å². The minimum atomic E-state index is -4.12. The molecule has 2 N–H and O–H groups in total. The van der Waals surface area contributed by atoms with Crippen molar-refractivity contribution < 1.29 is 22.8 Å². The van der Waals surface area contributed by atoms with Gasteiger partial charge in [-0.1, -0.05) is 41.4 Å². The van der Waals surface area contributed by atoms with Crippen LogP contribution < -0.4 is 0 Å². The normalized spacial score (nSPS) is 16.6. The van der Waals surface area contributed by atoms with E-state index in [1.165, 1.54) is 30.3 Å². The molecule has 1 aliphatic heterocycles. The summed E-state index contributed by atoms with van der Waals surface area (Å²) in [6.45, 7) is 0. The molecule has 0 bridgehead atoms. The van der Waals surface area contributed by atoms with Crippen LogP contribution in [0.5, 0.6) is 11.5 Å². The van der Waals surface area contributed by atoms with Crippen LogP contribution in [-0.2, 0) is 19.9 Å². The Kier molecular flexibility index (Phi) is 5.16. The highest BCUT2D eigenvalue weighted by Crippen LogP contribution is 2.53. The zero-order valence-corrected chi connectivity index (χ0v) is 19.7. The fourth-order valence-electron chi connectivity index (χ4n) is 3.34. The van der Waals surface area contributed by atoms with Gasteiger partial charge in [-0.05, 0) is 73.3 Å². The molecule has 0 fully saturated rings. The first kappa shape index (κ1) is 21.0. The monoisotopic (exact) mass is 578 g/mol.